The molecule has 0 aliphatic carbocycles. The molecule has 3 amide bonds. The van der Waals surface area contributed by atoms with Crippen LogP contribution in [0.4, 0.5) is 4.79 Å². The summed E-state index contributed by atoms with van der Waals surface area (Å²) in [5, 5.41) is 8.54. The first-order valence-corrected chi connectivity index (χ1v) is 11.2. The van der Waals surface area contributed by atoms with Gasteiger partial charge in [-0.3, -0.25) is 10.1 Å². The monoisotopic (exact) mass is 475 g/mol. The molecule has 3 aromatic rings. The highest BCUT2D eigenvalue weighted by Crippen LogP contribution is 2.29. The third-order valence-electron chi connectivity index (χ3n) is 4.59. The average molecular weight is 476 g/mol. The number of urea groups is 1. The molecule has 0 saturated heterocycles. The number of hydrogen-bond acceptors (Lipinski definition) is 6. The van der Waals surface area contributed by atoms with Gasteiger partial charge < -0.3 is 19.6 Å². The first kappa shape index (κ1) is 25.3. The zero-order valence-corrected chi connectivity index (χ0v) is 19.8. The molecule has 0 spiro atoms. The van der Waals surface area contributed by atoms with E-state index in [0.717, 1.165) is 11.1 Å². The number of nitrogens with zero attached hydrogens (tertiary/aromatic N) is 1. The second-order valence-electron chi connectivity index (χ2n) is 7.94. The maximum absolute atomic E-state index is 11.7. The number of ether oxygens (including phenoxy) is 2. The summed E-state index contributed by atoms with van der Waals surface area (Å²) in [7, 11) is 0. The van der Waals surface area contributed by atoms with Crippen LogP contribution < -0.4 is 20.1 Å². The molecule has 0 radical (unpaired) electrons. The van der Waals surface area contributed by atoms with Gasteiger partial charge in [0.25, 0.3) is 5.91 Å². The standard InChI is InChI=1S/C27H29N3O5/c1-20(2)29-27(32)30-26(31)19-35-28-16-23-13-14-24(33-17-21-9-5-3-6-10-21)25(15-23)34-18-22-11-7-4-8-12-22/h3-16,20H,17-19H2,1-2H3,(H2,29,30,31,32). The smallest absolute Gasteiger partial charge is 0.321 e. The number of nitrogens with one attached hydrogen (secondary N) is 2. The van der Waals surface area contributed by atoms with Crippen molar-refractivity contribution in [1.82, 2.24) is 10.6 Å². The van der Waals surface area contributed by atoms with Gasteiger partial charge in [0.1, 0.15) is 13.2 Å². The summed E-state index contributed by atoms with van der Waals surface area (Å²) in [6.45, 7) is 3.97. The number of oxime groups is 1. The third-order valence-corrected chi connectivity index (χ3v) is 4.59. The highest BCUT2D eigenvalue weighted by atomic mass is 16.6. The van der Waals surface area contributed by atoms with Crippen LogP contribution in [0.1, 0.15) is 30.5 Å². The lowest BCUT2D eigenvalue weighted by atomic mass is 10.2. The molecule has 35 heavy (non-hydrogen) atoms. The second kappa shape index (κ2) is 13.4. The Balaban J connectivity index is 1.61. The molecule has 2 N–H and O–H groups in total. The Morgan fingerprint density at radius 2 is 1.46 bits per heavy atom. The number of rotatable bonds is 11. The summed E-state index contributed by atoms with van der Waals surface area (Å²) in [5.41, 5.74) is 2.76. The molecular weight excluding hydrogens is 446 g/mol. The number of carbonyl (C=O) groups is 2. The summed E-state index contributed by atoms with van der Waals surface area (Å²) in [4.78, 5) is 28.3. The Bertz CT molecular complexity index is 1120. The maximum atomic E-state index is 11.7. The van der Waals surface area contributed by atoms with Gasteiger partial charge in [-0.05, 0) is 43.2 Å². The van der Waals surface area contributed by atoms with E-state index in [1.54, 1.807) is 32.0 Å². The Hall–Kier alpha value is -4.33. The van der Waals surface area contributed by atoms with Crippen molar-refractivity contribution in [2.45, 2.75) is 33.1 Å². The summed E-state index contributed by atoms with van der Waals surface area (Å²) in [6.07, 6.45) is 1.46. The minimum absolute atomic E-state index is 0.0836. The first-order chi connectivity index (χ1) is 17.0. The average Bonchev–Trinajstić information content (AvgIpc) is 2.85. The van der Waals surface area contributed by atoms with Crippen molar-refractivity contribution in [3.63, 3.8) is 0 Å². The Labute approximate surface area is 204 Å². The minimum Gasteiger partial charge on any atom is -0.485 e. The number of amides is 3. The molecule has 0 atom stereocenters. The SMILES string of the molecule is CC(C)NC(=O)NC(=O)CON=Cc1ccc(OCc2ccccc2)c(OCc2ccccc2)c1. The van der Waals surface area contributed by atoms with Gasteiger partial charge in [0, 0.05) is 11.6 Å². The molecule has 0 aliphatic rings. The fraction of sp³-hybridized carbons (Fsp3) is 0.222. The van der Waals surface area contributed by atoms with Gasteiger partial charge in [0.2, 0.25) is 0 Å². The van der Waals surface area contributed by atoms with E-state index in [1.807, 2.05) is 60.7 Å². The van der Waals surface area contributed by atoms with E-state index in [0.29, 0.717) is 30.3 Å². The van der Waals surface area contributed by atoms with Gasteiger partial charge in [-0.15, -0.1) is 0 Å². The molecule has 0 fully saturated rings. The molecule has 182 valence electrons. The number of imide groups is 1. The number of benzene rings is 3. The molecule has 0 saturated carbocycles. The van der Waals surface area contributed by atoms with E-state index in [-0.39, 0.29) is 6.04 Å². The van der Waals surface area contributed by atoms with Crippen molar-refractivity contribution in [1.29, 1.82) is 0 Å². The van der Waals surface area contributed by atoms with Crippen LogP contribution in [0.2, 0.25) is 0 Å². The molecule has 3 aromatic carbocycles. The van der Waals surface area contributed by atoms with Gasteiger partial charge in [-0.1, -0.05) is 65.8 Å². The second-order valence-corrected chi connectivity index (χ2v) is 7.94. The van der Waals surface area contributed by atoms with Crippen molar-refractivity contribution in [2.75, 3.05) is 6.61 Å². The lowest BCUT2D eigenvalue weighted by Gasteiger charge is -2.14. The maximum Gasteiger partial charge on any atom is 0.321 e. The van der Waals surface area contributed by atoms with Gasteiger partial charge in [-0.25, -0.2) is 4.79 Å². The lowest BCUT2D eigenvalue weighted by molar-refractivity contribution is -0.124. The van der Waals surface area contributed by atoms with Crippen molar-refractivity contribution in [3.8, 4) is 11.5 Å². The fourth-order valence-corrected chi connectivity index (χ4v) is 2.96. The Kier molecular flexibility index (Phi) is 9.68. The van der Waals surface area contributed by atoms with E-state index in [9.17, 15) is 9.59 Å². The van der Waals surface area contributed by atoms with E-state index >= 15 is 0 Å². The molecule has 0 bridgehead atoms. The Morgan fingerprint density at radius 3 is 2.06 bits per heavy atom. The van der Waals surface area contributed by atoms with Crippen LogP contribution in [0.3, 0.4) is 0 Å². The van der Waals surface area contributed by atoms with Crippen molar-refractivity contribution in [2.24, 2.45) is 5.16 Å². The predicted octanol–water partition coefficient (Wildman–Crippen LogP) is 4.43. The first-order valence-electron chi connectivity index (χ1n) is 11.2. The van der Waals surface area contributed by atoms with Crippen molar-refractivity contribution in [3.05, 3.63) is 95.6 Å². The van der Waals surface area contributed by atoms with Crippen LogP contribution in [0.25, 0.3) is 0 Å². The van der Waals surface area contributed by atoms with Crippen LogP contribution in [0.15, 0.2) is 84.0 Å². The van der Waals surface area contributed by atoms with Crippen LogP contribution >= 0.6 is 0 Å². The normalized spacial score (nSPS) is 10.7. The topological polar surface area (TPSA) is 98.3 Å². The van der Waals surface area contributed by atoms with E-state index in [2.05, 4.69) is 15.8 Å². The van der Waals surface area contributed by atoms with Gasteiger partial charge in [-0.2, -0.15) is 0 Å². The molecule has 0 aromatic heterocycles. The van der Waals surface area contributed by atoms with Crippen molar-refractivity contribution >= 4 is 18.2 Å². The minimum atomic E-state index is -0.600. The van der Waals surface area contributed by atoms with Crippen LogP contribution in [0.5, 0.6) is 11.5 Å². The molecule has 0 heterocycles. The largest absolute Gasteiger partial charge is 0.485 e. The van der Waals surface area contributed by atoms with Crippen LogP contribution in [-0.4, -0.2) is 30.8 Å². The summed E-state index contributed by atoms with van der Waals surface area (Å²) < 4.78 is 12.0. The highest BCUT2D eigenvalue weighted by molar-refractivity contribution is 5.95. The van der Waals surface area contributed by atoms with E-state index in [1.165, 1.54) is 6.21 Å². The van der Waals surface area contributed by atoms with E-state index in [4.69, 9.17) is 14.3 Å². The summed E-state index contributed by atoms with van der Waals surface area (Å²) >= 11 is 0. The van der Waals surface area contributed by atoms with Gasteiger partial charge in [0.05, 0.1) is 6.21 Å². The van der Waals surface area contributed by atoms with E-state index < -0.39 is 18.5 Å². The Morgan fingerprint density at radius 1 is 0.857 bits per heavy atom. The summed E-state index contributed by atoms with van der Waals surface area (Å²) in [5.74, 6) is 0.548. The molecule has 8 nitrogen and oxygen atoms in total. The molecule has 8 heteroatoms. The van der Waals surface area contributed by atoms with Crippen LogP contribution in [0, 0.1) is 0 Å². The molecule has 0 aliphatic heterocycles. The third kappa shape index (κ3) is 9.21. The fourth-order valence-electron chi connectivity index (χ4n) is 2.96. The predicted molar refractivity (Wildman–Crippen MR) is 133 cm³/mol. The van der Waals surface area contributed by atoms with Gasteiger partial charge >= 0.3 is 6.03 Å². The quantitative estimate of drug-likeness (QED) is 0.316. The highest BCUT2D eigenvalue weighted by Gasteiger charge is 2.10. The van der Waals surface area contributed by atoms with Crippen LogP contribution in [-0.2, 0) is 22.8 Å². The zero-order chi connectivity index (χ0) is 24.9. The summed E-state index contributed by atoms with van der Waals surface area (Å²) in [6, 6.07) is 24.4. The molecule has 0 unspecified atom stereocenters. The zero-order valence-electron chi connectivity index (χ0n) is 19.8. The van der Waals surface area contributed by atoms with Gasteiger partial charge in [0.15, 0.2) is 18.1 Å². The number of hydrogen-bond donors (Lipinski definition) is 2. The lowest BCUT2D eigenvalue weighted by Crippen LogP contribution is -2.43. The van der Waals surface area contributed by atoms with Crippen molar-refractivity contribution < 1.29 is 23.9 Å². The number of carbonyl (C=O) groups excluding carboxylic acids is 2. The molecule has 3 rings (SSSR count). The molecular formula is C27H29N3O5.